The molecule has 0 amide bonds. The van der Waals surface area contributed by atoms with Crippen molar-refractivity contribution in [2.24, 2.45) is 0 Å². The first kappa shape index (κ1) is 15.2. The lowest BCUT2D eigenvalue weighted by Gasteiger charge is -2.24. The second-order valence-electron chi connectivity index (χ2n) is 4.90. The first-order chi connectivity index (χ1) is 9.78. The quantitative estimate of drug-likeness (QED) is 0.837. The van der Waals surface area contributed by atoms with Gasteiger partial charge in [0, 0.05) is 12.6 Å². The Bertz CT molecular complexity index is 438. The molecule has 1 saturated heterocycles. The van der Waals surface area contributed by atoms with E-state index in [1.165, 1.54) is 24.3 Å². The Kier molecular flexibility index (Phi) is 6.19. The van der Waals surface area contributed by atoms with Crippen LogP contribution in [-0.2, 0) is 0 Å². The van der Waals surface area contributed by atoms with E-state index in [2.05, 4.69) is 11.4 Å². The lowest BCUT2D eigenvalue weighted by molar-refractivity contribution is 0.103. The van der Waals surface area contributed by atoms with E-state index >= 15 is 0 Å². The third-order valence-electron chi connectivity index (χ3n) is 3.29. The third-order valence-corrected chi connectivity index (χ3v) is 4.34. The van der Waals surface area contributed by atoms with Crippen LogP contribution in [0.4, 0.5) is 0 Å². The van der Waals surface area contributed by atoms with Crippen LogP contribution in [0.5, 0.6) is 5.75 Å². The summed E-state index contributed by atoms with van der Waals surface area (Å²) in [6.45, 7) is 0.825. The molecule has 1 aliphatic rings. The zero-order chi connectivity index (χ0) is 14.2. The highest BCUT2D eigenvalue weighted by Gasteiger charge is 2.14. The summed E-state index contributed by atoms with van der Waals surface area (Å²) in [6.07, 6.45) is 1.84. The van der Waals surface area contributed by atoms with Crippen LogP contribution < -0.4 is 10.1 Å². The van der Waals surface area contributed by atoms with Gasteiger partial charge in [-0.25, -0.2) is 0 Å². The molecule has 20 heavy (non-hydrogen) atoms. The van der Waals surface area contributed by atoms with E-state index in [1.54, 1.807) is 24.3 Å². The number of benzene rings is 1. The van der Waals surface area contributed by atoms with Gasteiger partial charge in [-0.05, 0) is 48.6 Å². The van der Waals surface area contributed by atoms with Crippen molar-refractivity contribution in [2.75, 3.05) is 24.7 Å². The van der Waals surface area contributed by atoms with Crippen molar-refractivity contribution in [2.45, 2.75) is 25.0 Å². The van der Waals surface area contributed by atoms with E-state index in [0.29, 0.717) is 23.9 Å². The Hall–Kier alpha value is -1.22. The second-order valence-corrected chi connectivity index (χ2v) is 6.12. The molecular weight excluding hydrogens is 272 g/mol. The van der Waals surface area contributed by atoms with Gasteiger partial charge < -0.3 is 15.2 Å². The molecule has 4 nitrogen and oxygen atoms in total. The molecule has 1 heterocycles. The number of aliphatic hydroxyl groups excluding tert-OH is 1. The summed E-state index contributed by atoms with van der Waals surface area (Å²) in [6, 6.07) is 9.50. The number of nitrogens with zero attached hydrogens (tertiary/aromatic N) is 1. The Morgan fingerprint density at radius 2 is 2.05 bits per heavy atom. The summed E-state index contributed by atoms with van der Waals surface area (Å²) < 4.78 is 5.50. The molecule has 1 fully saturated rings. The van der Waals surface area contributed by atoms with Gasteiger partial charge in [0.25, 0.3) is 0 Å². The summed E-state index contributed by atoms with van der Waals surface area (Å²) in [7, 11) is 0. The minimum atomic E-state index is -0.514. The van der Waals surface area contributed by atoms with Crippen LogP contribution in [0.15, 0.2) is 24.3 Å². The molecule has 0 spiro atoms. The summed E-state index contributed by atoms with van der Waals surface area (Å²) >= 11 is 1.99. The maximum Gasteiger partial charge on any atom is 0.119 e. The molecule has 1 atom stereocenters. The summed E-state index contributed by atoms with van der Waals surface area (Å²) in [5.41, 5.74) is 0.606. The Morgan fingerprint density at radius 3 is 2.70 bits per heavy atom. The van der Waals surface area contributed by atoms with Gasteiger partial charge in [-0.3, -0.25) is 0 Å². The first-order valence-corrected chi connectivity index (χ1v) is 8.05. The molecule has 1 aromatic rings. The van der Waals surface area contributed by atoms with Crippen molar-refractivity contribution in [3.05, 3.63) is 29.8 Å². The fourth-order valence-corrected chi connectivity index (χ4v) is 3.19. The monoisotopic (exact) mass is 292 g/mol. The van der Waals surface area contributed by atoms with Crippen LogP contribution >= 0.6 is 11.8 Å². The number of thioether (sulfide) groups is 1. The van der Waals surface area contributed by atoms with Gasteiger partial charge in [-0.1, -0.05) is 0 Å². The fraction of sp³-hybridized carbons (Fsp3) is 0.533. The van der Waals surface area contributed by atoms with Crippen molar-refractivity contribution in [1.82, 2.24) is 5.32 Å². The number of rotatable bonds is 6. The van der Waals surface area contributed by atoms with Gasteiger partial charge in [0.05, 0.1) is 11.6 Å². The predicted octanol–water partition coefficient (Wildman–Crippen LogP) is 1.78. The van der Waals surface area contributed by atoms with E-state index < -0.39 is 6.10 Å². The maximum absolute atomic E-state index is 9.90. The number of nitriles is 1. The van der Waals surface area contributed by atoms with E-state index in [9.17, 15) is 5.11 Å². The second kappa shape index (κ2) is 8.15. The smallest absolute Gasteiger partial charge is 0.119 e. The van der Waals surface area contributed by atoms with E-state index in [0.717, 1.165) is 0 Å². The van der Waals surface area contributed by atoms with E-state index in [-0.39, 0.29) is 6.61 Å². The van der Waals surface area contributed by atoms with Gasteiger partial charge in [0.15, 0.2) is 0 Å². The zero-order valence-electron chi connectivity index (χ0n) is 11.4. The number of ether oxygens (including phenoxy) is 1. The van der Waals surface area contributed by atoms with Crippen molar-refractivity contribution in [3.63, 3.8) is 0 Å². The van der Waals surface area contributed by atoms with Gasteiger partial charge in [0.2, 0.25) is 0 Å². The maximum atomic E-state index is 9.90. The molecule has 2 rings (SSSR count). The minimum Gasteiger partial charge on any atom is -0.491 e. The average molecular weight is 292 g/mol. The van der Waals surface area contributed by atoms with Crippen LogP contribution in [-0.4, -0.2) is 41.9 Å². The SMILES string of the molecule is N#Cc1ccc(OCC(O)CNC2CCSCC2)cc1. The summed E-state index contributed by atoms with van der Waals surface area (Å²) in [5, 5.41) is 22.0. The fourth-order valence-electron chi connectivity index (χ4n) is 2.08. The number of hydrogen-bond acceptors (Lipinski definition) is 5. The first-order valence-electron chi connectivity index (χ1n) is 6.90. The lowest BCUT2D eigenvalue weighted by atomic mass is 10.1. The molecule has 2 N–H and O–H groups in total. The molecule has 1 unspecified atom stereocenters. The summed E-state index contributed by atoms with van der Waals surface area (Å²) in [4.78, 5) is 0. The number of aliphatic hydroxyl groups is 1. The molecule has 0 bridgehead atoms. The molecule has 5 heteroatoms. The Labute approximate surface area is 124 Å². The average Bonchev–Trinajstić information content (AvgIpc) is 2.52. The van der Waals surface area contributed by atoms with Gasteiger partial charge in [0.1, 0.15) is 18.5 Å². The van der Waals surface area contributed by atoms with Crippen molar-refractivity contribution in [1.29, 1.82) is 5.26 Å². The Balaban J connectivity index is 1.66. The molecular formula is C15H20N2O2S. The lowest BCUT2D eigenvalue weighted by Crippen LogP contribution is -2.39. The third kappa shape index (κ3) is 5.04. The van der Waals surface area contributed by atoms with Gasteiger partial charge >= 0.3 is 0 Å². The van der Waals surface area contributed by atoms with Crippen LogP contribution in [0.25, 0.3) is 0 Å². The topological polar surface area (TPSA) is 65.3 Å². The highest BCUT2D eigenvalue weighted by atomic mass is 32.2. The normalized spacial score (nSPS) is 17.4. The van der Waals surface area contributed by atoms with Gasteiger partial charge in [-0.2, -0.15) is 17.0 Å². The number of nitrogens with one attached hydrogen (secondary N) is 1. The molecule has 0 saturated carbocycles. The molecule has 0 aromatic heterocycles. The highest BCUT2D eigenvalue weighted by molar-refractivity contribution is 7.99. The largest absolute Gasteiger partial charge is 0.491 e. The highest BCUT2D eigenvalue weighted by Crippen LogP contribution is 2.17. The Morgan fingerprint density at radius 1 is 1.35 bits per heavy atom. The van der Waals surface area contributed by atoms with Crippen molar-refractivity contribution < 1.29 is 9.84 Å². The van der Waals surface area contributed by atoms with Crippen LogP contribution in [0, 0.1) is 11.3 Å². The molecule has 1 aromatic carbocycles. The van der Waals surface area contributed by atoms with Gasteiger partial charge in [-0.15, -0.1) is 0 Å². The van der Waals surface area contributed by atoms with Crippen molar-refractivity contribution in [3.8, 4) is 11.8 Å². The van der Waals surface area contributed by atoms with Crippen molar-refractivity contribution >= 4 is 11.8 Å². The van der Waals surface area contributed by atoms with Crippen LogP contribution in [0.3, 0.4) is 0 Å². The van der Waals surface area contributed by atoms with Crippen LogP contribution in [0.2, 0.25) is 0 Å². The molecule has 108 valence electrons. The molecule has 0 radical (unpaired) electrons. The predicted molar refractivity (Wildman–Crippen MR) is 81.0 cm³/mol. The van der Waals surface area contributed by atoms with Crippen LogP contribution in [0.1, 0.15) is 18.4 Å². The minimum absolute atomic E-state index is 0.264. The number of hydrogen-bond donors (Lipinski definition) is 2. The van der Waals surface area contributed by atoms with E-state index in [1.807, 2.05) is 11.8 Å². The zero-order valence-corrected chi connectivity index (χ0v) is 12.2. The molecule has 1 aliphatic heterocycles. The molecule has 0 aliphatic carbocycles. The standard InChI is InChI=1S/C15H20N2O2S/c16-9-12-1-3-15(4-2-12)19-11-14(18)10-17-13-5-7-20-8-6-13/h1-4,13-14,17-18H,5-8,10-11H2. The van der Waals surface area contributed by atoms with E-state index in [4.69, 9.17) is 10.00 Å². The summed E-state index contributed by atoms with van der Waals surface area (Å²) in [5.74, 6) is 3.09.